The highest BCUT2D eigenvalue weighted by Gasteiger charge is 2.96. The van der Waals surface area contributed by atoms with E-state index in [-0.39, 0.29) is 0 Å². The summed E-state index contributed by atoms with van der Waals surface area (Å²) in [4.78, 5) is 10.2. The molecule has 0 heterocycles. The number of alkyl halides is 17. The number of hydrogen-bond donors (Lipinski definition) is 0. The first-order valence-electron chi connectivity index (χ1n) is 7.67. The van der Waals surface area contributed by atoms with E-state index in [0.29, 0.717) is 6.92 Å². The van der Waals surface area contributed by atoms with Gasteiger partial charge in [-0.2, -0.15) is 78.9 Å². The number of halogens is 17. The van der Waals surface area contributed by atoms with Crippen LogP contribution in [0.5, 0.6) is 0 Å². The average molecular weight is 569 g/mol. The van der Waals surface area contributed by atoms with Gasteiger partial charge in [0.15, 0.2) is 0 Å². The first-order chi connectivity index (χ1) is 14.5. The molecule has 0 bridgehead atoms. The standard InChI is InChI=1S/C12H8F17NO3S/c1-2-30(3-4-31)34(32,33)12(28,29)10(23,24)8(19,20)6(15,16)5(13,14)7(17,18)9(21,22)11(25,26)27/h4H,2-3H2,1H3. The van der Waals surface area contributed by atoms with Crippen molar-refractivity contribution in [2.24, 2.45) is 0 Å². The van der Waals surface area contributed by atoms with E-state index < -0.39 is 80.7 Å². The number of likely N-dealkylation sites (N-methyl/N-ethyl adjacent to an activating group) is 1. The normalized spacial score (nSPS) is 16.2. The summed E-state index contributed by atoms with van der Waals surface area (Å²) >= 11 is 0. The van der Waals surface area contributed by atoms with Crippen molar-refractivity contribution in [3.05, 3.63) is 0 Å². The first-order valence-corrected chi connectivity index (χ1v) is 9.11. The Kier molecular flexibility index (Phi) is 8.10. The van der Waals surface area contributed by atoms with Crippen LogP contribution in [0.15, 0.2) is 0 Å². The molecular weight excluding hydrogens is 561 g/mol. The average Bonchev–Trinajstić information content (AvgIpc) is 2.63. The van der Waals surface area contributed by atoms with E-state index in [1.54, 1.807) is 0 Å². The largest absolute Gasteiger partial charge is 0.460 e. The van der Waals surface area contributed by atoms with Crippen molar-refractivity contribution in [2.75, 3.05) is 13.1 Å². The Labute approximate surface area is 176 Å². The zero-order valence-corrected chi connectivity index (χ0v) is 16.3. The van der Waals surface area contributed by atoms with Gasteiger partial charge in [-0.3, -0.25) is 0 Å². The highest BCUT2D eigenvalue weighted by Crippen LogP contribution is 2.64. The molecule has 22 heteroatoms. The van der Waals surface area contributed by atoms with Crippen molar-refractivity contribution in [1.29, 1.82) is 0 Å². The van der Waals surface area contributed by atoms with Crippen LogP contribution < -0.4 is 0 Å². The second-order valence-electron chi connectivity index (χ2n) is 6.08. The maximum Gasteiger partial charge on any atom is 0.460 e. The lowest BCUT2D eigenvalue weighted by Gasteiger charge is -2.42. The van der Waals surface area contributed by atoms with E-state index in [1.165, 1.54) is 0 Å². The van der Waals surface area contributed by atoms with E-state index in [9.17, 15) is 87.8 Å². The van der Waals surface area contributed by atoms with Gasteiger partial charge in [0.1, 0.15) is 6.29 Å². The van der Waals surface area contributed by atoms with Gasteiger partial charge in [-0.15, -0.1) is 0 Å². The Morgan fingerprint density at radius 1 is 0.588 bits per heavy atom. The molecule has 0 aliphatic heterocycles. The smallest absolute Gasteiger partial charge is 0.302 e. The molecule has 0 rings (SSSR count). The van der Waals surface area contributed by atoms with E-state index >= 15 is 0 Å². The molecule has 0 N–H and O–H groups in total. The van der Waals surface area contributed by atoms with Crippen LogP contribution >= 0.6 is 0 Å². The van der Waals surface area contributed by atoms with Gasteiger partial charge in [0.2, 0.25) is 0 Å². The third-order valence-electron chi connectivity index (χ3n) is 3.99. The van der Waals surface area contributed by atoms with E-state index in [0.717, 1.165) is 0 Å². The molecule has 0 saturated carbocycles. The van der Waals surface area contributed by atoms with Gasteiger partial charge >= 0.3 is 47.0 Å². The predicted molar refractivity (Wildman–Crippen MR) is 72.9 cm³/mol. The molecule has 0 aliphatic carbocycles. The molecule has 0 aromatic heterocycles. The third-order valence-corrected chi connectivity index (χ3v) is 5.98. The van der Waals surface area contributed by atoms with Crippen molar-refractivity contribution in [3.63, 3.8) is 0 Å². The summed E-state index contributed by atoms with van der Waals surface area (Å²) in [5, 5.41) is -7.65. The van der Waals surface area contributed by atoms with Crippen LogP contribution in [0.2, 0.25) is 0 Å². The predicted octanol–water partition coefficient (Wildman–Crippen LogP) is 4.80. The lowest BCUT2D eigenvalue weighted by Crippen LogP contribution is -2.75. The fourth-order valence-electron chi connectivity index (χ4n) is 1.95. The second kappa shape index (κ2) is 8.50. The number of hydrogen-bond acceptors (Lipinski definition) is 3. The summed E-state index contributed by atoms with van der Waals surface area (Å²) in [6.07, 6.45) is -8.53. The highest BCUT2D eigenvalue weighted by molar-refractivity contribution is 7.90. The zero-order valence-electron chi connectivity index (χ0n) is 15.5. The minimum absolute atomic E-state index is 0.468. The van der Waals surface area contributed by atoms with Crippen LogP contribution in [0.1, 0.15) is 6.92 Å². The summed E-state index contributed by atoms with van der Waals surface area (Å²) < 4.78 is 245. The fraction of sp³-hybridized carbons (Fsp3) is 0.917. The number of aldehydes is 1. The zero-order chi connectivity index (χ0) is 28.2. The van der Waals surface area contributed by atoms with E-state index in [1.807, 2.05) is 0 Å². The van der Waals surface area contributed by atoms with Crippen LogP contribution in [-0.2, 0) is 14.8 Å². The lowest BCUT2D eigenvalue weighted by atomic mass is 9.91. The molecule has 0 aromatic carbocycles. The number of rotatable bonds is 11. The maximum absolute atomic E-state index is 13.8. The van der Waals surface area contributed by atoms with Gasteiger partial charge < -0.3 is 4.79 Å². The highest BCUT2D eigenvalue weighted by atomic mass is 32.2. The lowest BCUT2D eigenvalue weighted by molar-refractivity contribution is -0.458. The summed E-state index contributed by atoms with van der Waals surface area (Å²) in [7, 11) is -7.40. The molecular formula is C12H8F17NO3S. The van der Waals surface area contributed by atoms with Gasteiger partial charge in [0.05, 0.1) is 6.54 Å². The minimum atomic E-state index is -8.89. The van der Waals surface area contributed by atoms with Crippen LogP contribution in [0.4, 0.5) is 74.6 Å². The Balaban J connectivity index is 7.04. The summed E-state index contributed by atoms with van der Waals surface area (Å²) in [5.74, 6) is -51.9. The van der Waals surface area contributed by atoms with Gasteiger partial charge in [-0.25, -0.2) is 8.42 Å². The van der Waals surface area contributed by atoms with Crippen LogP contribution in [0.25, 0.3) is 0 Å². The van der Waals surface area contributed by atoms with Crippen molar-refractivity contribution in [3.8, 4) is 0 Å². The van der Waals surface area contributed by atoms with Crippen molar-refractivity contribution >= 4 is 16.3 Å². The van der Waals surface area contributed by atoms with Crippen molar-refractivity contribution < 1.29 is 87.8 Å². The number of sulfonamides is 1. The molecule has 0 saturated heterocycles. The van der Waals surface area contributed by atoms with Gasteiger partial charge in [0.25, 0.3) is 10.0 Å². The monoisotopic (exact) mass is 569 g/mol. The Morgan fingerprint density at radius 3 is 1.15 bits per heavy atom. The summed E-state index contributed by atoms with van der Waals surface area (Å²) in [6, 6.07) is 0. The van der Waals surface area contributed by atoms with Gasteiger partial charge in [0, 0.05) is 6.54 Å². The number of carbonyl (C=O) groups is 1. The summed E-state index contributed by atoms with van der Waals surface area (Å²) in [5.41, 5.74) is 0. The maximum atomic E-state index is 13.8. The topological polar surface area (TPSA) is 54.5 Å². The molecule has 0 amide bonds. The van der Waals surface area contributed by atoms with Gasteiger partial charge in [-0.1, -0.05) is 6.92 Å². The summed E-state index contributed by atoms with van der Waals surface area (Å²) in [6.45, 7) is -2.84. The Morgan fingerprint density at radius 2 is 0.882 bits per heavy atom. The van der Waals surface area contributed by atoms with Crippen LogP contribution in [-0.4, -0.2) is 79.1 Å². The molecule has 0 radical (unpaired) electrons. The Hall–Kier alpha value is -1.61. The van der Waals surface area contributed by atoms with Crippen molar-refractivity contribution in [2.45, 2.75) is 53.9 Å². The molecule has 204 valence electrons. The second-order valence-corrected chi connectivity index (χ2v) is 8.06. The molecule has 0 spiro atoms. The molecule has 0 aliphatic rings. The van der Waals surface area contributed by atoms with E-state index in [2.05, 4.69) is 0 Å². The van der Waals surface area contributed by atoms with Crippen LogP contribution in [0.3, 0.4) is 0 Å². The van der Waals surface area contributed by atoms with Crippen LogP contribution in [0, 0.1) is 0 Å². The third kappa shape index (κ3) is 3.96. The molecule has 0 aromatic rings. The Bertz CT molecular complexity index is 863. The molecule has 34 heavy (non-hydrogen) atoms. The quantitative estimate of drug-likeness (QED) is 0.266. The van der Waals surface area contributed by atoms with E-state index in [4.69, 9.17) is 0 Å². The molecule has 0 fully saturated rings. The molecule has 0 unspecified atom stereocenters. The SMILES string of the molecule is CCN(CC=O)S(=O)(=O)C(F)(F)C(F)(F)C(F)(F)C(F)(F)C(F)(F)C(F)(F)C(F)(F)C(F)(F)F. The molecule has 0 atom stereocenters. The first kappa shape index (κ1) is 32.4. The number of nitrogens with zero attached hydrogens (tertiary/aromatic N) is 1. The van der Waals surface area contributed by atoms with Gasteiger partial charge in [-0.05, 0) is 0 Å². The number of carbonyl (C=O) groups excluding carboxylic acids is 1. The van der Waals surface area contributed by atoms with Crippen molar-refractivity contribution in [1.82, 2.24) is 4.31 Å². The minimum Gasteiger partial charge on any atom is -0.302 e. The molecule has 4 nitrogen and oxygen atoms in total. The fourth-order valence-corrected chi connectivity index (χ4v) is 3.33.